The van der Waals surface area contributed by atoms with Crippen LogP contribution in [0.2, 0.25) is 0 Å². The fourth-order valence-corrected chi connectivity index (χ4v) is 1.42. The summed E-state index contributed by atoms with van der Waals surface area (Å²) in [6.07, 6.45) is 0.0822. The minimum atomic E-state index is -0.809. The van der Waals surface area contributed by atoms with Gasteiger partial charge in [-0.1, -0.05) is 17.7 Å². The standard InChI is InChI=1S/C13H19NO3/c1-10-4-6-12(7-5-10)17-9-11(14(2)3)8-13(15)16/h4-7,11H,8-9H2,1-3H3,(H,15,16). The molecule has 0 spiro atoms. The third-order valence-electron chi connectivity index (χ3n) is 2.60. The van der Waals surface area contributed by atoms with Gasteiger partial charge < -0.3 is 14.7 Å². The number of carboxylic acids is 1. The molecule has 1 atom stereocenters. The van der Waals surface area contributed by atoms with E-state index in [2.05, 4.69) is 0 Å². The van der Waals surface area contributed by atoms with Gasteiger partial charge in [0.05, 0.1) is 12.5 Å². The third-order valence-corrected chi connectivity index (χ3v) is 2.60. The van der Waals surface area contributed by atoms with Crippen LogP contribution in [0.4, 0.5) is 0 Å². The average molecular weight is 237 g/mol. The molecule has 1 rings (SSSR count). The Morgan fingerprint density at radius 1 is 1.35 bits per heavy atom. The number of aliphatic carboxylic acids is 1. The zero-order valence-electron chi connectivity index (χ0n) is 10.5. The number of ether oxygens (including phenoxy) is 1. The molecule has 1 unspecified atom stereocenters. The molecule has 0 amide bonds. The Morgan fingerprint density at radius 3 is 2.41 bits per heavy atom. The highest BCUT2D eigenvalue weighted by Crippen LogP contribution is 2.12. The van der Waals surface area contributed by atoms with E-state index in [-0.39, 0.29) is 12.5 Å². The highest BCUT2D eigenvalue weighted by Gasteiger charge is 2.16. The third kappa shape index (κ3) is 4.87. The lowest BCUT2D eigenvalue weighted by Gasteiger charge is -2.22. The van der Waals surface area contributed by atoms with Gasteiger partial charge in [0, 0.05) is 0 Å². The fourth-order valence-electron chi connectivity index (χ4n) is 1.42. The molecule has 0 radical (unpaired) electrons. The molecule has 0 bridgehead atoms. The number of rotatable bonds is 6. The van der Waals surface area contributed by atoms with E-state index < -0.39 is 5.97 Å². The summed E-state index contributed by atoms with van der Waals surface area (Å²) < 4.78 is 5.58. The molecule has 0 saturated carbocycles. The van der Waals surface area contributed by atoms with Crippen LogP contribution in [0.5, 0.6) is 5.75 Å². The molecule has 0 heterocycles. The maximum absolute atomic E-state index is 10.7. The molecule has 0 fully saturated rings. The minimum Gasteiger partial charge on any atom is -0.492 e. The Hall–Kier alpha value is -1.55. The van der Waals surface area contributed by atoms with Crippen LogP contribution in [-0.4, -0.2) is 42.7 Å². The number of likely N-dealkylation sites (N-methyl/N-ethyl adjacent to an activating group) is 1. The summed E-state index contributed by atoms with van der Waals surface area (Å²) in [5, 5.41) is 8.78. The van der Waals surface area contributed by atoms with Crippen LogP contribution in [-0.2, 0) is 4.79 Å². The first-order valence-corrected chi connectivity index (χ1v) is 5.56. The maximum atomic E-state index is 10.7. The van der Waals surface area contributed by atoms with Gasteiger partial charge in [-0.15, -0.1) is 0 Å². The quantitative estimate of drug-likeness (QED) is 0.819. The van der Waals surface area contributed by atoms with E-state index in [9.17, 15) is 4.79 Å². The van der Waals surface area contributed by atoms with Gasteiger partial charge in [0.15, 0.2) is 0 Å². The number of aryl methyl sites for hydroxylation is 1. The Bertz CT molecular complexity index is 359. The summed E-state index contributed by atoms with van der Waals surface area (Å²) in [6, 6.07) is 7.61. The number of carboxylic acid groups (broad SMARTS) is 1. The van der Waals surface area contributed by atoms with Crippen LogP contribution >= 0.6 is 0 Å². The first-order valence-electron chi connectivity index (χ1n) is 5.56. The van der Waals surface area contributed by atoms with E-state index in [1.54, 1.807) is 0 Å². The molecule has 4 heteroatoms. The van der Waals surface area contributed by atoms with E-state index in [0.29, 0.717) is 6.61 Å². The van der Waals surface area contributed by atoms with E-state index in [1.165, 1.54) is 5.56 Å². The van der Waals surface area contributed by atoms with E-state index in [1.807, 2.05) is 50.2 Å². The van der Waals surface area contributed by atoms with Gasteiger partial charge in [-0.3, -0.25) is 4.79 Å². The summed E-state index contributed by atoms with van der Waals surface area (Å²) in [6.45, 7) is 2.39. The molecule has 0 aliphatic rings. The Kier molecular flexibility index (Phi) is 4.97. The van der Waals surface area contributed by atoms with Crippen molar-refractivity contribution in [3.05, 3.63) is 29.8 Å². The molecule has 1 aromatic rings. The van der Waals surface area contributed by atoms with Crippen LogP contribution in [0.3, 0.4) is 0 Å². The van der Waals surface area contributed by atoms with E-state index in [0.717, 1.165) is 5.75 Å². The molecule has 1 N–H and O–H groups in total. The van der Waals surface area contributed by atoms with E-state index >= 15 is 0 Å². The van der Waals surface area contributed by atoms with Gasteiger partial charge in [0.1, 0.15) is 12.4 Å². The number of hydrogen-bond acceptors (Lipinski definition) is 3. The van der Waals surface area contributed by atoms with Gasteiger partial charge >= 0.3 is 5.97 Å². The molecule has 1 aromatic carbocycles. The predicted octanol–water partition coefficient (Wildman–Crippen LogP) is 1.78. The predicted molar refractivity (Wildman–Crippen MR) is 66.4 cm³/mol. The zero-order chi connectivity index (χ0) is 12.8. The van der Waals surface area contributed by atoms with Crippen LogP contribution in [0.25, 0.3) is 0 Å². The molecule has 4 nitrogen and oxygen atoms in total. The molecular formula is C13H19NO3. The number of carbonyl (C=O) groups is 1. The van der Waals surface area contributed by atoms with Gasteiger partial charge in [-0.2, -0.15) is 0 Å². The maximum Gasteiger partial charge on any atom is 0.305 e. The molecule has 0 aliphatic carbocycles. The monoisotopic (exact) mass is 237 g/mol. The van der Waals surface area contributed by atoms with Crippen LogP contribution in [0.15, 0.2) is 24.3 Å². The van der Waals surface area contributed by atoms with Crippen molar-refractivity contribution in [2.24, 2.45) is 0 Å². The highest BCUT2D eigenvalue weighted by molar-refractivity contribution is 5.67. The molecule has 0 aromatic heterocycles. The molecule has 94 valence electrons. The van der Waals surface area contributed by atoms with Gasteiger partial charge in [-0.05, 0) is 33.2 Å². The number of nitrogens with zero attached hydrogens (tertiary/aromatic N) is 1. The Labute approximate surface area is 102 Å². The normalized spacial score (nSPS) is 12.5. The SMILES string of the molecule is Cc1ccc(OCC(CC(=O)O)N(C)C)cc1. The summed E-state index contributed by atoms with van der Waals surface area (Å²) in [4.78, 5) is 12.6. The van der Waals surface area contributed by atoms with Crippen molar-refractivity contribution in [3.8, 4) is 5.75 Å². The molecule has 0 aliphatic heterocycles. The van der Waals surface area contributed by atoms with Crippen LogP contribution < -0.4 is 4.74 Å². The lowest BCUT2D eigenvalue weighted by Crippen LogP contribution is -2.35. The second-order valence-corrected chi connectivity index (χ2v) is 4.34. The van der Waals surface area contributed by atoms with Crippen molar-refractivity contribution >= 4 is 5.97 Å². The van der Waals surface area contributed by atoms with Gasteiger partial charge in [0.2, 0.25) is 0 Å². The second-order valence-electron chi connectivity index (χ2n) is 4.34. The van der Waals surface area contributed by atoms with Crippen LogP contribution in [0.1, 0.15) is 12.0 Å². The molecule has 17 heavy (non-hydrogen) atoms. The second kappa shape index (κ2) is 6.25. The highest BCUT2D eigenvalue weighted by atomic mass is 16.5. The van der Waals surface area contributed by atoms with Crippen molar-refractivity contribution in [1.82, 2.24) is 4.90 Å². The van der Waals surface area contributed by atoms with Crippen molar-refractivity contribution in [2.75, 3.05) is 20.7 Å². The first-order chi connectivity index (χ1) is 7.99. The molecule has 0 saturated heterocycles. The van der Waals surface area contributed by atoms with Crippen molar-refractivity contribution < 1.29 is 14.6 Å². The lowest BCUT2D eigenvalue weighted by atomic mass is 10.2. The van der Waals surface area contributed by atoms with Crippen molar-refractivity contribution in [3.63, 3.8) is 0 Å². The topological polar surface area (TPSA) is 49.8 Å². The van der Waals surface area contributed by atoms with Gasteiger partial charge in [0.25, 0.3) is 0 Å². The minimum absolute atomic E-state index is 0.0822. The van der Waals surface area contributed by atoms with Crippen molar-refractivity contribution in [1.29, 1.82) is 0 Å². The summed E-state index contributed by atoms with van der Waals surface area (Å²) >= 11 is 0. The summed E-state index contributed by atoms with van der Waals surface area (Å²) in [7, 11) is 3.71. The van der Waals surface area contributed by atoms with Crippen LogP contribution in [0, 0.1) is 6.92 Å². The number of hydrogen-bond donors (Lipinski definition) is 1. The Balaban J connectivity index is 2.51. The molecular weight excluding hydrogens is 218 g/mol. The number of benzene rings is 1. The fraction of sp³-hybridized carbons (Fsp3) is 0.462. The Morgan fingerprint density at radius 2 is 1.94 bits per heavy atom. The lowest BCUT2D eigenvalue weighted by molar-refractivity contribution is -0.138. The smallest absolute Gasteiger partial charge is 0.305 e. The van der Waals surface area contributed by atoms with Crippen molar-refractivity contribution in [2.45, 2.75) is 19.4 Å². The summed E-state index contributed by atoms with van der Waals surface area (Å²) in [5.74, 6) is -0.0379. The summed E-state index contributed by atoms with van der Waals surface area (Å²) in [5.41, 5.74) is 1.17. The van der Waals surface area contributed by atoms with Gasteiger partial charge in [-0.25, -0.2) is 0 Å². The van der Waals surface area contributed by atoms with E-state index in [4.69, 9.17) is 9.84 Å². The largest absolute Gasteiger partial charge is 0.492 e. The first kappa shape index (κ1) is 13.5. The average Bonchev–Trinajstić information content (AvgIpc) is 2.25. The zero-order valence-corrected chi connectivity index (χ0v) is 10.5.